The summed E-state index contributed by atoms with van der Waals surface area (Å²) < 4.78 is 6.20. The molecule has 0 unspecified atom stereocenters. The zero-order valence-electron chi connectivity index (χ0n) is 15.5. The molecule has 2 aromatic heterocycles. The van der Waals surface area contributed by atoms with Crippen LogP contribution in [0.15, 0.2) is 30.3 Å². The Morgan fingerprint density at radius 1 is 1.04 bits per heavy atom. The van der Waals surface area contributed by atoms with Crippen LogP contribution in [0.25, 0.3) is 22.5 Å². The molecule has 0 spiro atoms. The zero-order valence-corrected chi connectivity index (χ0v) is 15.5. The van der Waals surface area contributed by atoms with Gasteiger partial charge in [-0.15, -0.1) is 10.2 Å². The van der Waals surface area contributed by atoms with Crippen LogP contribution in [0.5, 0.6) is 0 Å². The van der Waals surface area contributed by atoms with Crippen LogP contribution in [0.1, 0.15) is 49.6 Å². The van der Waals surface area contributed by atoms with E-state index in [1.165, 1.54) is 35.2 Å². The zero-order chi connectivity index (χ0) is 18.3. The molecule has 1 saturated heterocycles. The highest BCUT2D eigenvalue weighted by molar-refractivity contribution is 5.85. The molecule has 6 nitrogen and oxygen atoms in total. The third-order valence-corrected chi connectivity index (χ3v) is 5.83. The Balaban J connectivity index is 1.87. The largest absolute Gasteiger partial charge is 0.369 e. The summed E-state index contributed by atoms with van der Waals surface area (Å²) in [6.45, 7) is 2.91. The standard InChI is InChI=1S/C21H23N5O/c1-21(12-7-13-27-21)19-18(20-23-25-26-24-20)17(14-8-3-2-4-9-14)15-10-5-6-11-16(15)22-19/h2-4,8-9H,5-7,10-13H2,1H3,(H,23,24,25,26)/t21-/m0/s1. The van der Waals surface area contributed by atoms with Crippen LogP contribution >= 0.6 is 0 Å². The second kappa shape index (κ2) is 6.53. The van der Waals surface area contributed by atoms with Crippen LogP contribution in [0.2, 0.25) is 0 Å². The number of aromatic nitrogens is 5. The third kappa shape index (κ3) is 2.75. The van der Waals surface area contributed by atoms with Crippen molar-refractivity contribution in [2.45, 2.75) is 51.0 Å². The average molecular weight is 361 g/mol. The molecule has 1 fully saturated rings. The Kier molecular flexibility index (Phi) is 4.01. The fourth-order valence-corrected chi connectivity index (χ4v) is 4.50. The van der Waals surface area contributed by atoms with Crippen molar-refractivity contribution in [1.29, 1.82) is 0 Å². The maximum absolute atomic E-state index is 6.20. The summed E-state index contributed by atoms with van der Waals surface area (Å²) in [5.74, 6) is 0.599. The van der Waals surface area contributed by atoms with Gasteiger partial charge in [0.05, 0.1) is 11.3 Å². The summed E-state index contributed by atoms with van der Waals surface area (Å²) in [6.07, 6.45) is 6.43. The summed E-state index contributed by atoms with van der Waals surface area (Å²) in [6, 6.07) is 10.5. The number of pyridine rings is 1. The number of H-pyrrole nitrogens is 1. The van der Waals surface area contributed by atoms with Gasteiger partial charge in [-0.05, 0) is 67.4 Å². The first kappa shape index (κ1) is 16.6. The van der Waals surface area contributed by atoms with Crippen molar-refractivity contribution in [3.63, 3.8) is 0 Å². The van der Waals surface area contributed by atoms with Gasteiger partial charge in [-0.3, -0.25) is 4.98 Å². The number of fused-ring (bicyclic) bond motifs is 1. The van der Waals surface area contributed by atoms with Gasteiger partial charge < -0.3 is 4.74 Å². The van der Waals surface area contributed by atoms with Gasteiger partial charge in [0.1, 0.15) is 5.60 Å². The van der Waals surface area contributed by atoms with Crippen LogP contribution in [-0.2, 0) is 23.2 Å². The first-order valence-electron chi connectivity index (χ1n) is 9.76. The van der Waals surface area contributed by atoms with E-state index >= 15 is 0 Å². The van der Waals surface area contributed by atoms with Gasteiger partial charge in [-0.1, -0.05) is 30.3 Å². The molecule has 1 aliphatic heterocycles. The van der Waals surface area contributed by atoms with E-state index in [0.717, 1.165) is 43.5 Å². The van der Waals surface area contributed by atoms with E-state index in [1.807, 2.05) is 6.07 Å². The molecule has 3 heterocycles. The molecule has 2 aliphatic rings. The fraction of sp³-hybridized carbons (Fsp3) is 0.429. The molecule has 0 amide bonds. The fourth-order valence-electron chi connectivity index (χ4n) is 4.50. The quantitative estimate of drug-likeness (QED) is 0.767. The van der Waals surface area contributed by atoms with Gasteiger partial charge in [0.15, 0.2) is 0 Å². The number of aromatic amines is 1. The summed E-state index contributed by atoms with van der Waals surface area (Å²) in [5, 5.41) is 15.1. The van der Waals surface area contributed by atoms with E-state index in [4.69, 9.17) is 9.72 Å². The van der Waals surface area contributed by atoms with Crippen molar-refractivity contribution in [3.8, 4) is 22.5 Å². The number of hydrogen-bond acceptors (Lipinski definition) is 5. The number of hydrogen-bond donors (Lipinski definition) is 1. The highest BCUT2D eigenvalue weighted by atomic mass is 16.5. The highest BCUT2D eigenvalue weighted by Crippen LogP contribution is 2.46. The monoisotopic (exact) mass is 361 g/mol. The highest BCUT2D eigenvalue weighted by Gasteiger charge is 2.39. The smallest absolute Gasteiger partial charge is 0.207 e. The van der Waals surface area contributed by atoms with Crippen molar-refractivity contribution >= 4 is 0 Å². The summed E-state index contributed by atoms with van der Waals surface area (Å²) >= 11 is 0. The second-order valence-electron chi connectivity index (χ2n) is 7.63. The maximum atomic E-state index is 6.20. The molecule has 27 heavy (non-hydrogen) atoms. The van der Waals surface area contributed by atoms with Gasteiger partial charge in [0.25, 0.3) is 0 Å². The first-order chi connectivity index (χ1) is 13.3. The van der Waals surface area contributed by atoms with Gasteiger partial charge >= 0.3 is 0 Å². The Morgan fingerprint density at radius 2 is 1.89 bits per heavy atom. The van der Waals surface area contributed by atoms with Crippen molar-refractivity contribution in [1.82, 2.24) is 25.6 Å². The van der Waals surface area contributed by atoms with E-state index < -0.39 is 5.60 Å². The SMILES string of the molecule is C[C@@]1(c2nc3c(c(-c4ccccc4)c2-c2nn[nH]n2)CCCC3)CCCO1. The number of tetrazole rings is 1. The molecular weight excluding hydrogens is 338 g/mol. The Morgan fingerprint density at radius 3 is 2.63 bits per heavy atom. The summed E-state index contributed by atoms with van der Waals surface area (Å²) in [7, 11) is 0. The number of rotatable bonds is 3. The molecule has 5 rings (SSSR count). The Labute approximate surface area is 158 Å². The molecule has 138 valence electrons. The van der Waals surface area contributed by atoms with E-state index in [1.54, 1.807) is 0 Å². The normalized spacial score (nSPS) is 22.0. The van der Waals surface area contributed by atoms with Gasteiger partial charge in [0, 0.05) is 12.3 Å². The molecule has 1 aliphatic carbocycles. The number of benzene rings is 1. The van der Waals surface area contributed by atoms with E-state index in [0.29, 0.717) is 5.82 Å². The first-order valence-corrected chi connectivity index (χ1v) is 9.76. The van der Waals surface area contributed by atoms with Crippen molar-refractivity contribution in [2.75, 3.05) is 6.61 Å². The minimum absolute atomic E-state index is 0.411. The number of ether oxygens (including phenoxy) is 1. The molecule has 6 heteroatoms. The Hall–Kier alpha value is -2.60. The second-order valence-corrected chi connectivity index (χ2v) is 7.63. The van der Waals surface area contributed by atoms with Crippen molar-refractivity contribution in [3.05, 3.63) is 47.3 Å². The molecule has 0 radical (unpaired) electrons. The molecule has 1 N–H and O–H groups in total. The lowest BCUT2D eigenvalue weighted by Gasteiger charge is -2.30. The van der Waals surface area contributed by atoms with Crippen LogP contribution in [0.3, 0.4) is 0 Å². The number of nitrogens with zero attached hydrogens (tertiary/aromatic N) is 4. The molecule has 1 atom stereocenters. The van der Waals surface area contributed by atoms with Crippen LogP contribution in [0.4, 0.5) is 0 Å². The lowest BCUT2D eigenvalue weighted by Crippen LogP contribution is -2.25. The molecule has 1 aromatic carbocycles. The minimum Gasteiger partial charge on any atom is -0.369 e. The minimum atomic E-state index is -0.411. The van der Waals surface area contributed by atoms with E-state index in [2.05, 4.69) is 51.8 Å². The molecule has 0 saturated carbocycles. The predicted molar refractivity (Wildman–Crippen MR) is 102 cm³/mol. The lowest BCUT2D eigenvalue weighted by atomic mass is 9.82. The van der Waals surface area contributed by atoms with E-state index in [-0.39, 0.29) is 0 Å². The summed E-state index contributed by atoms with van der Waals surface area (Å²) in [4.78, 5) is 5.16. The van der Waals surface area contributed by atoms with Crippen molar-refractivity contribution in [2.24, 2.45) is 0 Å². The van der Waals surface area contributed by atoms with Crippen LogP contribution in [0, 0.1) is 0 Å². The molecule has 0 bridgehead atoms. The van der Waals surface area contributed by atoms with Gasteiger partial charge in [-0.25, -0.2) is 0 Å². The van der Waals surface area contributed by atoms with Gasteiger partial charge in [0.2, 0.25) is 5.82 Å². The topological polar surface area (TPSA) is 76.6 Å². The number of aryl methyl sites for hydroxylation is 1. The molecule has 3 aromatic rings. The van der Waals surface area contributed by atoms with Gasteiger partial charge in [-0.2, -0.15) is 5.21 Å². The third-order valence-electron chi connectivity index (χ3n) is 5.83. The maximum Gasteiger partial charge on any atom is 0.207 e. The van der Waals surface area contributed by atoms with Crippen LogP contribution in [-0.4, -0.2) is 32.2 Å². The summed E-state index contributed by atoms with van der Waals surface area (Å²) in [5.41, 5.74) is 6.44. The number of nitrogens with one attached hydrogen (secondary N) is 1. The average Bonchev–Trinajstić information content (AvgIpc) is 3.40. The molecular formula is C21H23N5O. The Bertz CT molecular complexity index is 946. The van der Waals surface area contributed by atoms with Crippen LogP contribution < -0.4 is 0 Å². The lowest BCUT2D eigenvalue weighted by molar-refractivity contribution is 0.0135. The van der Waals surface area contributed by atoms with E-state index in [9.17, 15) is 0 Å². The predicted octanol–water partition coefficient (Wildman–Crippen LogP) is 3.83. The van der Waals surface area contributed by atoms with Crippen molar-refractivity contribution < 1.29 is 4.74 Å².